The van der Waals surface area contributed by atoms with Crippen molar-refractivity contribution in [1.82, 2.24) is 14.9 Å². The van der Waals surface area contributed by atoms with E-state index in [0.29, 0.717) is 5.92 Å². The largest absolute Gasteiger partial charge is 0.496 e. The molecule has 0 bridgehead atoms. The number of aryl methyl sites for hydroxylation is 1. The number of hydrogen-bond donors (Lipinski definition) is 5. The SMILES string of the molecule is COc1ccc(C)cc1CN1CCC(c2cc(=O)[nH]c(N3CCCC3)n2)C1.O=C(O)CC(O)(CC(=O)O)C(=O)O. The fourth-order valence-corrected chi connectivity index (χ4v) is 4.95. The van der Waals surface area contributed by atoms with Gasteiger partial charge in [-0.15, -0.1) is 0 Å². The van der Waals surface area contributed by atoms with Gasteiger partial charge < -0.3 is 30.1 Å². The highest BCUT2D eigenvalue weighted by Crippen LogP contribution is 2.29. The lowest BCUT2D eigenvalue weighted by molar-refractivity contribution is -0.170. The number of ether oxygens (including phenoxy) is 1. The summed E-state index contributed by atoms with van der Waals surface area (Å²) in [6.45, 7) is 6.87. The summed E-state index contributed by atoms with van der Waals surface area (Å²) in [6, 6.07) is 8.00. The predicted molar refractivity (Wildman–Crippen MR) is 144 cm³/mol. The van der Waals surface area contributed by atoms with Crippen molar-refractivity contribution < 1.29 is 39.5 Å². The van der Waals surface area contributed by atoms with E-state index in [1.54, 1.807) is 13.2 Å². The highest BCUT2D eigenvalue weighted by atomic mass is 16.5. The molecule has 1 aromatic heterocycles. The smallest absolute Gasteiger partial charge is 0.336 e. The number of aliphatic hydroxyl groups is 1. The number of H-pyrrole nitrogens is 1. The Morgan fingerprint density at radius 2 is 1.73 bits per heavy atom. The number of aromatic nitrogens is 2. The monoisotopic (exact) mass is 560 g/mol. The van der Waals surface area contributed by atoms with Gasteiger partial charge in [0.2, 0.25) is 5.95 Å². The summed E-state index contributed by atoms with van der Waals surface area (Å²) in [4.78, 5) is 55.0. The van der Waals surface area contributed by atoms with Gasteiger partial charge in [0.25, 0.3) is 5.56 Å². The van der Waals surface area contributed by atoms with E-state index in [2.05, 4.69) is 33.8 Å². The van der Waals surface area contributed by atoms with Gasteiger partial charge in [0, 0.05) is 43.7 Å². The van der Waals surface area contributed by atoms with Crippen LogP contribution < -0.4 is 15.2 Å². The predicted octanol–water partition coefficient (Wildman–Crippen LogP) is 1.43. The summed E-state index contributed by atoms with van der Waals surface area (Å²) < 4.78 is 5.52. The zero-order valence-electron chi connectivity index (χ0n) is 22.6. The van der Waals surface area contributed by atoms with E-state index in [-0.39, 0.29) is 5.56 Å². The molecule has 40 heavy (non-hydrogen) atoms. The molecule has 13 heteroatoms. The van der Waals surface area contributed by atoms with Crippen LogP contribution in [0.3, 0.4) is 0 Å². The van der Waals surface area contributed by atoms with E-state index in [1.807, 2.05) is 6.07 Å². The Morgan fingerprint density at radius 1 is 1.07 bits per heavy atom. The van der Waals surface area contributed by atoms with E-state index in [9.17, 15) is 19.2 Å². The number of hydrogen-bond acceptors (Lipinski definition) is 9. The topological polar surface area (TPSA) is 194 Å². The molecular weight excluding hydrogens is 524 g/mol. The first kappa shape index (κ1) is 30.6. The minimum absolute atomic E-state index is 0.0410. The van der Waals surface area contributed by atoms with Crippen LogP contribution in [-0.4, -0.2) is 92.1 Å². The maximum absolute atomic E-state index is 12.2. The van der Waals surface area contributed by atoms with Crippen LogP contribution in [0.2, 0.25) is 0 Å². The van der Waals surface area contributed by atoms with Crippen LogP contribution in [-0.2, 0) is 20.9 Å². The van der Waals surface area contributed by atoms with Crippen molar-refractivity contribution in [2.75, 3.05) is 38.2 Å². The standard InChI is InChI=1S/C21H28N4O2.C6H8O7/c1-15-5-6-19(27-2)17(11-15)14-24-10-7-16(13-24)18-12-20(26)23-21(22-18)25-8-3-4-9-25;7-3(8)1-6(13,5(11)12)2-4(9)10/h5-6,11-12,16H,3-4,7-10,13-14H2,1-2H3,(H,22,23,26);13H,1-2H2,(H,7,8)(H,9,10)(H,11,12). The molecule has 0 aliphatic carbocycles. The molecule has 5 N–H and O–H groups in total. The molecule has 2 fully saturated rings. The summed E-state index contributed by atoms with van der Waals surface area (Å²) >= 11 is 0. The second-order valence-electron chi connectivity index (χ2n) is 10.2. The maximum atomic E-state index is 12.2. The first-order valence-electron chi connectivity index (χ1n) is 13.0. The summed E-state index contributed by atoms with van der Waals surface area (Å²) in [7, 11) is 1.72. The van der Waals surface area contributed by atoms with Crippen LogP contribution in [0.5, 0.6) is 5.75 Å². The number of carboxylic acid groups (broad SMARTS) is 3. The minimum atomic E-state index is -2.74. The highest BCUT2D eigenvalue weighted by molar-refractivity contribution is 5.88. The Morgan fingerprint density at radius 3 is 2.30 bits per heavy atom. The average Bonchev–Trinajstić information content (AvgIpc) is 3.56. The number of nitrogens with one attached hydrogen (secondary N) is 1. The van der Waals surface area contributed by atoms with Gasteiger partial charge >= 0.3 is 17.9 Å². The van der Waals surface area contributed by atoms with E-state index >= 15 is 0 Å². The third-order valence-corrected chi connectivity index (χ3v) is 6.96. The van der Waals surface area contributed by atoms with E-state index in [1.165, 1.54) is 24.0 Å². The van der Waals surface area contributed by atoms with E-state index in [0.717, 1.165) is 56.5 Å². The number of aliphatic carboxylic acids is 3. The van der Waals surface area contributed by atoms with E-state index in [4.69, 9.17) is 30.1 Å². The Hall–Kier alpha value is -3.97. The lowest BCUT2D eigenvalue weighted by Crippen LogP contribution is -2.42. The van der Waals surface area contributed by atoms with Crippen molar-refractivity contribution in [1.29, 1.82) is 0 Å². The number of rotatable bonds is 10. The van der Waals surface area contributed by atoms with Gasteiger partial charge in [-0.2, -0.15) is 0 Å². The molecule has 4 rings (SSSR count). The quantitative estimate of drug-likeness (QED) is 0.281. The zero-order valence-corrected chi connectivity index (χ0v) is 22.6. The summed E-state index contributed by atoms with van der Waals surface area (Å²) in [6.07, 6.45) is 1.08. The molecule has 2 saturated heterocycles. The van der Waals surface area contributed by atoms with Crippen LogP contribution in [0.25, 0.3) is 0 Å². The fraction of sp³-hybridized carbons (Fsp3) is 0.519. The van der Waals surface area contributed by atoms with Crippen molar-refractivity contribution >= 4 is 23.9 Å². The minimum Gasteiger partial charge on any atom is -0.496 e. The van der Waals surface area contributed by atoms with Gasteiger partial charge in [0.05, 0.1) is 25.6 Å². The second kappa shape index (κ2) is 13.4. The number of aromatic amines is 1. The van der Waals surface area contributed by atoms with Crippen molar-refractivity contribution in [2.45, 2.75) is 57.1 Å². The Balaban J connectivity index is 0.000000289. The third-order valence-electron chi connectivity index (χ3n) is 6.96. The molecule has 2 aromatic rings. The fourth-order valence-electron chi connectivity index (χ4n) is 4.95. The zero-order chi connectivity index (χ0) is 29.4. The van der Waals surface area contributed by atoms with Crippen LogP contribution in [0.1, 0.15) is 54.8 Å². The third kappa shape index (κ3) is 8.26. The molecule has 0 amide bonds. The Labute approximate surface area is 231 Å². The van der Waals surface area contributed by atoms with Crippen molar-refractivity contribution in [2.24, 2.45) is 0 Å². The molecule has 0 radical (unpaired) electrons. The second-order valence-corrected chi connectivity index (χ2v) is 10.2. The molecule has 2 aliphatic rings. The summed E-state index contributed by atoms with van der Waals surface area (Å²) in [5.41, 5.74) is 0.611. The molecular formula is C27H36N4O9. The number of methoxy groups -OCH3 is 1. The summed E-state index contributed by atoms with van der Waals surface area (Å²) in [5, 5.41) is 33.8. The molecule has 0 saturated carbocycles. The average molecular weight is 561 g/mol. The molecule has 1 atom stereocenters. The van der Waals surface area contributed by atoms with Crippen LogP contribution >= 0.6 is 0 Å². The van der Waals surface area contributed by atoms with Gasteiger partial charge in [0.1, 0.15) is 5.75 Å². The van der Waals surface area contributed by atoms with Crippen molar-refractivity contribution in [3.05, 3.63) is 51.4 Å². The van der Waals surface area contributed by atoms with Crippen LogP contribution in [0, 0.1) is 6.92 Å². The van der Waals surface area contributed by atoms with Gasteiger partial charge in [0.15, 0.2) is 5.60 Å². The Kier molecular flexibility index (Phi) is 10.2. The van der Waals surface area contributed by atoms with Gasteiger partial charge in [-0.25, -0.2) is 9.78 Å². The summed E-state index contributed by atoms with van der Waals surface area (Å²) in [5.74, 6) is -3.03. The first-order chi connectivity index (χ1) is 18.9. The number of likely N-dealkylation sites (tertiary alicyclic amines) is 1. The molecule has 3 heterocycles. The molecule has 1 unspecified atom stereocenters. The lowest BCUT2D eigenvalue weighted by atomic mass is 9.96. The molecule has 1 aromatic carbocycles. The number of nitrogens with zero attached hydrogens (tertiary/aromatic N) is 3. The lowest BCUT2D eigenvalue weighted by Gasteiger charge is -2.19. The maximum Gasteiger partial charge on any atom is 0.336 e. The van der Waals surface area contributed by atoms with Gasteiger partial charge in [-0.05, 0) is 38.8 Å². The molecule has 13 nitrogen and oxygen atoms in total. The van der Waals surface area contributed by atoms with Gasteiger partial charge in [-0.3, -0.25) is 24.3 Å². The molecule has 218 valence electrons. The number of benzene rings is 1. The molecule has 2 aliphatic heterocycles. The van der Waals surface area contributed by atoms with Crippen LogP contribution in [0.15, 0.2) is 29.1 Å². The van der Waals surface area contributed by atoms with Gasteiger partial charge in [-0.1, -0.05) is 17.7 Å². The van der Waals surface area contributed by atoms with Crippen molar-refractivity contribution in [3.63, 3.8) is 0 Å². The normalized spacial score (nSPS) is 17.3. The van der Waals surface area contributed by atoms with E-state index < -0.39 is 36.4 Å². The highest BCUT2D eigenvalue weighted by Gasteiger charge is 2.40. The van der Waals surface area contributed by atoms with Crippen molar-refractivity contribution in [3.8, 4) is 5.75 Å². The number of carboxylic acids is 3. The van der Waals surface area contributed by atoms with Crippen LogP contribution in [0.4, 0.5) is 5.95 Å². The Bertz CT molecular complexity index is 1260. The first-order valence-corrected chi connectivity index (χ1v) is 13.0. The molecule has 0 spiro atoms. The number of anilines is 1. The number of carbonyl (C=O) groups is 3.